The van der Waals surface area contributed by atoms with Crippen molar-refractivity contribution >= 4 is 28.7 Å². The molecule has 0 N–H and O–H groups in total. The number of thioether (sulfide) groups is 1. The van der Waals surface area contributed by atoms with Crippen LogP contribution in [0.2, 0.25) is 0 Å². The van der Waals surface area contributed by atoms with E-state index in [4.69, 9.17) is 4.74 Å². The first-order valence-corrected chi connectivity index (χ1v) is 13.6. The summed E-state index contributed by atoms with van der Waals surface area (Å²) in [5, 5.41) is 12.9. The van der Waals surface area contributed by atoms with E-state index in [-0.39, 0.29) is 27.9 Å². The van der Waals surface area contributed by atoms with E-state index in [0.717, 1.165) is 29.7 Å². The van der Waals surface area contributed by atoms with Gasteiger partial charge in [-0.15, -0.1) is 10.2 Å². The summed E-state index contributed by atoms with van der Waals surface area (Å²) in [6.07, 6.45) is 4.21. The second-order valence-corrected chi connectivity index (χ2v) is 11.1. The summed E-state index contributed by atoms with van der Waals surface area (Å²) in [6, 6.07) is 13.5. The summed E-state index contributed by atoms with van der Waals surface area (Å²) >= 11 is 1.27. The maximum Gasteiger partial charge on any atom is 0.197 e. The van der Waals surface area contributed by atoms with E-state index in [1.807, 2.05) is 35.2 Å². The zero-order valence-electron chi connectivity index (χ0n) is 21.4. The van der Waals surface area contributed by atoms with Crippen molar-refractivity contribution in [1.82, 2.24) is 25.1 Å². The smallest absolute Gasteiger partial charge is 0.197 e. The topological polar surface area (TPSA) is 90.2 Å². The van der Waals surface area contributed by atoms with Crippen molar-refractivity contribution in [2.45, 2.75) is 44.0 Å². The highest BCUT2D eigenvalue weighted by molar-refractivity contribution is 8.14. The molecule has 1 aliphatic carbocycles. The average molecular weight is 536 g/mol. The molecule has 1 saturated heterocycles. The van der Waals surface area contributed by atoms with Crippen LogP contribution in [0.15, 0.2) is 54.1 Å². The number of rotatable bonds is 9. The molecule has 1 aliphatic heterocycles. The molecule has 0 radical (unpaired) electrons. The Bertz CT molecular complexity index is 1340. The predicted octanol–water partition coefficient (Wildman–Crippen LogP) is 4.33. The SMILES string of the molecule is COc1ccc(Cn2nnc(C=C3CN(C(C(=O)C4CC4)c4ccccc4F)CCC3SC(C)=O)n2)cc1. The molecule has 0 spiro atoms. The molecular formula is C28H30FN5O3S. The highest BCUT2D eigenvalue weighted by Gasteiger charge is 2.41. The first-order valence-electron chi connectivity index (χ1n) is 12.7. The fourth-order valence-electron chi connectivity index (χ4n) is 4.84. The minimum atomic E-state index is -0.658. The Kier molecular flexibility index (Phi) is 7.99. The first-order chi connectivity index (χ1) is 18.4. The minimum Gasteiger partial charge on any atom is -0.497 e. The maximum atomic E-state index is 14.9. The van der Waals surface area contributed by atoms with Crippen LogP contribution in [0.1, 0.15) is 49.2 Å². The Labute approximate surface area is 225 Å². The molecule has 5 rings (SSSR count). The predicted molar refractivity (Wildman–Crippen MR) is 143 cm³/mol. The fraction of sp³-hybridized carbons (Fsp3) is 0.393. The molecule has 10 heteroatoms. The largest absolute Gasteiger partial charge is 0.497 e. The van der Waals surface area contributed by atoms with Crippen LogP contribution in [-0.4, -0.2) is 61.5 Å². The van der Waals surface area contributed by atoms with Gasteiger partial charge in [-0.25, -0.2) is 4.39 Å². The van der Waals surface area contributed by atoms with Gasteiger partial charge in [0.05, 0.1) is 19.7 Å². The zero-order valence-corrected chi connectivity index (χ0v) is 22.2. The third kappa shape index (κ3) is 6.19. The molecule has 0 bridgehead atoms. The van der Waals surface area contributed by atoms with Crippen LogP contribution < -0.4 is 4.74 Å². The van der Waals surface area contributed by atoms with Crippen molar-refractivity contribution in [2.24, 2.45) is 5.92 Å². The van der Waals surface area contributed by atoms with Gasteiger partial charge in [-0.1, -0.05) is 42.1 Å². The van der Waals surface area contributed by atoms with Gasteiger partial charge in [0.15, 0.2) is 16.7 Å². The van der Waals surface area contributed by atoms with E-state index in [1.54, 1.807) is 32.2 Å². The van der Waals surface area contributed by atoms with Crippen LogP contribution in [0.4, 0.5) is 4.39 Å². The van der Waals surface area contributed by atoms with Gasteiger partial charge in [-0.2, -0.15) is 4.80 Å². The van der Waals surface area contributed by atoms with E-state index in [0.29, 0.717) is 37.4 Å². The number of tetrazole rings is 1. The number of hydrogen-bond donors (Lipinski definition) is 0. The van der Waals surface area contributed by atoms with E-state index in [1.165, 1.54) is 22.6 Å². The van der Waals surface area contributed by atoms with Gasteiger partial charge >= 0.3 is 0 Å². The summed E-state index contributed by atoms with van der Waals surface area (Å²) in [4.78, 5) is 28.9. The molecule has 38 heavy (non-hydrogen) atoms. The van der Waals surface area contributed by atoms with E-state index < -0.39 is 6.04 Å². The van der Waals surface area contributed by atoms with E-state index in [2.05, 4.69) is 15.4 Å². The number of aromatic nitrogens is 4. The van der Waals surface area contributed by atoms with Crippen LogP contribution >= 0.6 is 11.8 Å². The molecule has 2 heterocycles. The number of nitrogens with zero attached hydrogens (tertiary/aromatic N) is 5. The van der Waals surface area contributed by atoms with Crippen molar-refractivity contribution in [3.63, 3.8) is 0 Å². The number of Topliss-reactive ketones (excluding diaryl/α,β-unsaturated/α-hetero) is 1. The van der Waals surface area contributed by atoms with Crippen molar-refractivity contribution < 1.29 is 18.7 Å². The number of methoxy groups -OCH3 is 1. The number of carbonyl (C=O) groups excluding carboxylic acids is 2. The average Bonchev–Trinajstić information content (AvgIpc) is 3.67. The normalized spacial score (nSPS) is 19.9. The summed E-state index contributed by atoms with van der Waals surface area (Å²) in [5.41, 5.74) is 2.33. The van der Waals surface area contributed by atoms with Crippen molar-refractivity contribution in [2.75, 3.05) is 20.2 Å². The van der Waals surface area contributed by atoms with Crippen LogP contribution in [0, 0.1) is 11.7 Å². The number of ketones is 1. The van der Waals surface area contributed by atoms with Gasteiger partial charge in [0.25, 0.3) is 0 Å². The van der Waals surface area contributed by atoms with Gasteiger partial charge < -0.3 is 4.74 Å². The quantitative estimate of drug-likeness (QED) is 0.400. The maximum absolute atomic E-state index is 14.9. The molecule has 1 aromatic heterocycles. The number of halogens is 1. The van der Waals surface area contributed by atoms with Crippen LogP contribution in [-0.2, 0) is 16.1 Å². The number of ether oxygens (including phenoxy) is 1. The Hall–Kier alpha value is -3.37. The molecular weight excluding hydrogens is 505 g/mol. The first kappa shape index (κ1) is 26.2. The molecule has 0 amide bonds. The standard InChI is InChI=1S/C28H30FN5O3S/c1-18(35)38-25-13-14-33(27(28(36)20-9-10-20)23-5-3-4-6-24(23)29)17-21(25)15-26-30-32-34(31-26)16-19-7-11-22(37-2)12-8-19/h3-8,11-12,15,20,25,27H,9-10,13-14,16-17H2,1-2H3. The number of benzene rings is 2. The second kappa shape index (κ2) is 11.6. The Morgan fingerprint density at radius 1 is 1.16 bits per heavy atom. The van der Waals surface area contributed by atoms with Gasteiger partial charge in [-0.05, 0) is 59.9 Å². The molecule has 2 unspecified atom stereocenters. The molecule has 2 aromatic carbocycles. The van der Waals surface area contributed by atoms with E-state index >= 15 is 0 Å². The number of carbonyl (C=O) groups is 2. The number of hydrogen-bond acceptors (Lipinski definition) is 8. The number of likely N-dealkylation sites (tertiary alicyclic amines) is 1. The molecule has 3 aromatic rings. The Morgan fingerprint density at radius 3 is 2.61 bits per heavy atom. The summed E-state index contributed by atoms with van der Waals surface area (Å²) in [6.45, 7) is 2.99. The Balaban J connectivity index is 1.40. The third-order valence-electron chi connectivity index (χ3n) is 6.87. The van der Waals surface area contributed by atoms with E-state index in [9.17, 15) is 14.0 Å². The molecule has 8 nitrogen and oxygen atoms in total. The van der Waals surface area contributed by atoms with Crippen molar-refractivity contribution in [3.05, 3.63) is 76.9 Å². The third-order valence-corrected chi connectivity index (χ3v) is 8.02. The molecule has 198 valence electrons. The highest BCUT2D eigenvalue weighted by atomic mass is 32.2. The summed E-state index contributed by atoms with van der Waals surface area (Å²) in [7, 11) is 1.62. The number of piperidine rings is 1. The van der Waals surface area contributed by atoms with Gasteiger partial charge in [-0.3, -0.25) is 14.5 Å². The summed E-state index contributed by atoms with van der Waals surface area (Å²) in [5.74, 6) is 0.878. The molecule has 1 saturated carbocycles. The summed E-state index contributed by atoms with van der Waals surface area (Å²) < 4.78 is 20.1. The lowest BCUT2D eigenvalue weighted by Gasteiger charge is -2.38. The van der Waals surface area contributed by atoms with Gasteiger partial charge in [0.2, 0.25) is 0 Å². The molecule has 2 fully saturated rings. The van der Waals surface area contributed by atoms with Crippen molar-refractivity contribution in [3.8, 4) is 5.75 Å². The Morgan fingerprint density at radius 2 is 1.92 bits per heavy atom. The molecule has 2 atom stereocenters. The van der Waals surface area contributed by atoms with Crippen LogP contribution in [0.25, 0.3) is 6.08 Å². The zero-order chi connectivity index (χ0) is 26.6. The fourth-order valence-corrected chi connectivity index (χ4v) is 5.75. The second-order valence-electron chi connectivity index (χ2n) is 9.70. The van der Waals surface area contributed by atoms with Crippen LogP contribution in [0.3, 0.4) is 0 Å². The van der Waals surface area contributed by atoms with Gasteiger partial charge in [0.1, 0.15) is 11.6 Å². The lowest BCUT2D eigenvalue weighted by Crippen LogP contribution is -2.43. The minimum absolute atomic E-state index is 0.0177. The monoisotopic (exact) mass is 535 g/mol. The molecule has 2 aliphatic rings. The van der Waals surface area contributed by atoms with Crippen LogP contribution in [0.5, 0.6) is 5.75 Å². The van der Waals surface area contributed by atoms with Crippen molar-refractivity contribution in [1.29, 1.82) is 0 Å². The van der Waals surface area contributed by atoms with Gasteiger partial charge in [0, 0.05) is 36.7 Å². The lowest BCUT2D eigenvalue weighted by atomic mass is 9.93. The highest BCUT2D eigenvalue weighted by Crippen LogP contribution is 2.40. The lowest BCUT2D eigenvalue weighted by molar-refractivity contribution is -0.126.